The van der Waals surface area contributed by atoms with E-state index in [1.54, 1.807) is 0 Å². The van der Waals surface area contributed by atoms with E-state index >= 15 is 0 Å². The summed E-state index contributed by atoms with van der Waals surface area (Å²) >= 11 is 0. The Labute approximate surface area is 147 Å². The minimum Gasteiger partial charge on any atom is -0.481 e. The van der Waals surface area contributed by atoms with Gasteiger partial charge in [-0.1, -0.05) is 0 Å². The molecule has 0 aliphatic heterocycles. The first kappa shape index (κ1) is 22.6. The van der Waals surface area contributed by atoms with E-state index in [-0.39, 0.29) is 25.3 Å². The number of guanidine groups is 1. The van der Waals surface area contributed by atoms with Crippen molar-refractivity contribution < 1.29 is 39.3 Å². The van der Waals surface area contributed by atoms with Gasteiger partial charge in [-0.15, -0.1) is 0 Å². The summed E-state index contributed by atoms with van der Waals surface area (Å²) in [6, 6.07) is -3.00. The fourth-order valence-electron chi connectivity index (χ4n) is 1.77. The molecule has 0 aromatic rings. The van der Waals surface area contributed by atoms with Crippen molar-refractivity contribution in [2.75, 3.05) is 6.54 Å². The normalized spacial score (nSPS) is 12.3. The molecule has 0 aromatic heterocycles. The van der Waals surface area contributed by atoms with E-state index in [1.807, 2.05) is 5.32 Å². The highest BCUT2D eigenvalue weighted by Gasteiger charge is 2.25. The molecule has 2 atom stereocenters. The zero-order valence-electron chi connectivity index (χ0n) is 13.7. The Morgan fingerprint density at radius 3 is 1.81 bits per heavy atom. The van der Waals surface area contributed by atoms with Crippen LogP contribution in [0, 0.1) is 0 Å². The van der Waals surface area contributed by atoms with Crippen LogP contribution in [0.1, 0.15) is 25.7 Å². The molecule has 0 aliphatic rings. The summed E-state index contributed by atoms with van der Waals surface area (Å²) in [5, 5.41) is 30.4. The van der Waals surface area contributed by atoms with Crippen LogP contribution >= 0.6 is 0 Å². The summed E-state index contributed by atoms with van der Waals surface area (Å²) in [6.45, 7) is 0.151. The van der Waals surface area contributed by atoms with Crippen LogP contribution in [0.15, 0.2) is 4.99 Å². The lowest BCUT2D eigenvalue weighted by Crippen LogP contribution is -2.46. The predicted molar refractivity (Wildman–Crippen MR) is 85.9 cm³/mol. The van der Waals surface area contributed by atoms with Gasteiger partial charge in [-0.25, -0.2) is 9.59 Å². The van der Waals surface area contributed by atoms with Crippen molar-refractivity contribution in [2.24, 2.45) is 16.5 Å². The molecule has 13 nitrogen and oxygen atoms in total. The summed E-state index contributed by atoms with van der Waals surface area (Å²) in [7, 11) is 0. The smallest absolute Gasteiger partial charge is 0.326 e. The van der Waals surface area contributed by atoms with Crippen molar-refractivity contribution in [3.8, 4) is 0 Å². The molecule has 0 saturated carbocycles. The van der Waals surface area contributed by atoms with Crippen LogP contribution in [0.2, 0.25) is 0 Å². The first-order valence-corrected chi connectivity index (χ1v) is 7.34. The first-order chi connectivity index (χ1) is 12.0. The van der Waals surface area contributed by atoms with E-state index in [0.29, 0.717) is 0 Å². The van der Waals surface area contributed by atoms with Crippen molar-refractivity contribution >= 4 is 35.7 Å². The van der Waals surface area contributed by atoms with E-state index in [2.05, 4.69) is 10.3 Å². The Kier molecular flexibility index (Phi) is 9.76. The quantitative estimate of drug-likeness (QED) is 0.0791. The standard InChI is InChI=1S/C13H21N5O8/c14-13(15)16-3-1-2-6(11(23)24)17-8(19)5-9(20)18-7(12(25)26)4-10(21)22/h6-7H,1-5H2,(H,17,19)(H,18,20)(H,21,22)(H,23,24)(H,25,26)(H4,14,15,16)/t6-,7+/m1/s1. The topological polar surface area (TPSA) is 234 Å². The number of carboxylic acids is 3. The first-order valence-electron chi connectivity index (χ1n) is 7.34. The van der Waals surface area contributed by atoms with Gasteiger partial charge in [-0.05, 0) is 12.8 Å². The van der Waals surface area contributed by atoms with Crippen LogP contribution in [-0.2, 0) is 24.0 Å². The second kappa shape index (κ2) is 11.2. The zero-order chi connectivity index (χ0) is 20.3. The molecule has 0 rings (SSSR count). The summed E-state index contributed by atoms with van der Waals surface area (Å²) in [4.78, 5) is 59.4. The Morgan fingerprint density at radius 2 is 1.38 bits per heavy atom. The molecule has 0 spiro atoms. The van der Waals surface area contributed by atoms with E-state index in [1.165, 1.54) is 0 Å². The van der Waals surface area contributed by atoms with E-state index in [9.17, 15) is 24.0 Å². The Balaban J connectivity index is 4.54. The Hall–Kier alpha value is -3.38. The molecule has 0 unspecified atom stereocenters. The number of carboxylic acid groups (broad SMARTS) is 3. The van der Waals surface area contributed by atoms with Crippen molar-refractivity contribution in [1.82, 2.24) is 10.6 Å². The molecule has 0 saturated heterocycles. The second-order valence-corrected chi connectivity index (χ2v) is 5.14. The van der Waals surface area contributed by atoms with Crippen LogP contribution in [0.5, 0.6) is 0 Å². The molecular formula is C13H21N5O8. The van der Waals surface area contributed by atoms with E-state index < -0.39 is 54.6 Å². The van der Waals surface area contributed by atoms with Gasteiger partial charge in [0.15, 0.2) is 5.96 Å². The molecule has 0 heterocycles. The maximum absolute atomic E-state index is 11.7. The van der Waals surface area contributed by atoms with E-state index in [4.69, 9.17) is 26.8 Å². The van der Waals surface area contributed by atoms with Crippen molar-refractivity contribution in [1.29, 1.82) is 0 Å². The van der Waals surface area contributed by atoms with Crippen LogP contribution in [-0.4, -0.2) is 69.6 Å². The van der Waals surface area contributed by atoms with Crippen LogP contribution in [0.3, 0.4) is 0 Å². The van der Waals surface area contributed by atoms with Crippen molar-refractivity contribution in [3.05, 3.63) is 0 Å². The minimum absolute atomic E-state index is 0.00373. The third-order valence-corrected chi connectivity index (χ3v) is 2.91. The maximum atomic E-state index is 11.7. The van der Waals surface area contributed by atoms with Crippen LogP contribution in [0.4, 0.5) is 0 Å². The molecule has 0 bridgehead atoms. The lowest BCUT2D eigenvalue weighted by atomic mass is 10.1. The average molecular weight is 375 g/mol. The molecular weight excluding hydrogens is 354 g/mol. The van der Waals surface area contributed by atoms with Gasteiger partial charge in [-0.3, -0.25) is 19.4 Å². The number of nitrogens with zero attached hydrogens (tertiary/aromatic N) is 1. The number of nitrogens with one attached hydrogen (secondary N) is 2. The average Bonchev–Trinajstić information content (AvgIpc) is 2.48. The number of aliphatic imine (C=N–C) groups is 1. The lowest BCUT2D eigenvalue weighted by molar-refractivity contribution is -0.147. The number of hydrogen-bond donors (Lipinski definition) is 7. The summed E-state index contributed by atoms with van der Waals surface area (Å²) < 4.78 is 0. The number of rotatable bonds is 12. The van der Waals surface area contributed by atoms with Crippen LogP contribution < -0.4 is 22.1 Å². The van der Waals surface area contributed by atoms with Gasteiger partial charge in [0, 0.05) is 6.54 Å². The highest BCUT2D eigenvalue weighted by molar-refractivity contribution is 5.99. The van der Waals surface area contributed by atoms with Gasteiger partial charge in [0.25, 0.3) is 0 Å². The van der Waals surface area contributed by atoms with E-state index in [0.717, 1.165) is 0 Å². The number of carbonyl (C=O) groups excluding carboxylic acids is 2. The summed E-state index contributed by atoms with van der Waals surface area (Å²) in [5.74, 6) is -6.54. The van der Waals surface area contributed by atoms with Gasteiger partial charge in [0.05, 0.1) is 6.42 Å². The van der Waals surface area contributed by atoms with Gasteiger partial charge < -0.3 is 37.4 Å². The SMILES string of the molecule is NC(N)=NCCC[C@@H](NC(=O)CC(=O)N[C@@H](CC(=O)O)C(=O)O)C(=O)O. The maximum Gasteiger partial charge on any atom is 0.326 e. The molecule has 146 valence electrons. The van der Waals surface area contributed by atoms with Crippen molar-refractivity contribution in [3.63, 3.8) is 0 Å². The minimum atomic E-state index is -1.71. The fraction of sp³-hybridized carbons (Fsp3) is 0.538. The van der Waals surface area contributed by atoms with Gasteiger partial charge >= 0.3 is 17.9 Å². The predicted octanol–water partition coefficient (Wildman–Crippen LogP) is -2.96. The van der Waals surface area contributed by atoms with Crippen molar-refractivity contribution in [2.45, 2.75) is 37.8 Å². The molecule has 0 aromatic carbocycles. The van der Waals surface area contributed by atoms with Gasteiger partial charge in [0.2, 0.25) is 11.8 Å². The fourth-order valence-corrected chi connectivity index (χ4v) is 1.77. The Bertz CT molecular complexity index is 587. The monoisotopic (exact) mass is 375 g/mol. The Morgan fingerprint density at radius 1 is 0.885 bits per heavy atom. The third kappa shape index (κ3) is 10.4. The molecule has 9 N–H and O–H groups in total. The molecule has 0 aliphatic carbocycles. The lowest BCUT2D eigenvalue weighted by Gasteiger charge is -2.15. The number of hydrogen-bond acceptors (Lipinski definition) is 6. The molecule has 2 amide bonds. The molecule has 0 radical (unpaired) electrons. The zero-order valence-corrected chi connectivity index (χ0v) is 13.7. The summed E-state index contributed by atoms with van der Waals surface area (Å²) in [6.07, 6.45) is -1.48. The number of aliphatic carboxylic acids is 3. The molecule has 26 heavy (non-hydrogen) atoms. The van der Waals surface area contributed by atoms with Gasteiger partial charge in [0.1, 0.15) is 18.5 Å². The molecule has 13 heteroatoms. The molecule has 0 fully saturated rings. The van der Waals surface area contributed by atoms with Crippen LogP contribution in [0.25, 0.3) is 0 Å². The highest BCUT2D eigenvalue weighted by atomic mass is 16.4. The highest BCUT2D eigenvalue weighted by Crippen LogP contribution is 2.00. The summed E-state index contributed by atoms with van der Waals surface area (Å²) in [5.41, 5.74) is 10.2. The third-order valence-electron chi connectivity index (χ3n) is 2.91. The largest absolute Gasteiger partial charge is 0.481 e. The van der Waals surface area contributed by atoms with Gasteiger partial charge in [-0.2, -0.15) is 0 Å². The number of nitrogens with two attached hydrogens (primary N) is 2. The second-order valence-electron chi connectivity index (χ2n) is 5.14. The number of amides is 2. The number of carbonyl (C=O) groups is 5.